The summed E-state index contributed by atoms with van der Waals surface area (Å²) in [5.74, 6) is -0.267. The monoisotopic (exact) mass is 286 g/mol. The van der Waals surface area contributed by atoms with Crippen molar-refractivity contribution in [3.63, 3.8) is 0 Å². The molecule has 3 rings (SSSR count). The third-order valence-corrected chi connectivity index (χ3v) is 4.31. The second kappa shape index (κ2) is 5.17. The molecular weight excluding hydrogens is 264 g/mol. The maximum absolute atomic E-state index is 12.3. The van der Waals surface area contributed by atoms with Gasteiger partial charge in [0.15, 0.2) is 0 Å². The summed E-state index contributed by atoms with van der Waals surface area (Å²) in [6, 6.07) is 4.49. The zero-order valence-electron chi connectivity index (χ0n) is 12.8. The van der Waals surface area contributed by atoms with Crippen LogP contribution in [0.25, 0.3) is 0 Å². The summed E-state index contributed by atoms with van der Waals surface area (Å²) >= 11 is 0. The molecule has 21 heavy (non-hydrogen) atoms. The second-order valence-corrected chi connectivity index (χ2v) is 6.49. The standard InChI is InChI=1S/C17H22N2O2/c1-9-6-10(2)15(11(3)7-9)19-17(21)14-8-13(14)16(20)18-12-4-5-12/h6-7,12-14H,4-5,8H2,1-3H3,(H,18,20)(H,19,21). The molecule has 2 aliphatic rings. The number of rotatable bonds is 4. The van der Waals surface area contributed by atoms with Gasteiger partial charge in [0.1, 0.15) is 0 Å². The van der Waals surface area contributed by atoms with E-state index in [0.29, 0.717) is 12.5 Å². The topological polar surface area (TPSA) is 58.2 Å². The van der Waals surface area contributed by atoms with Crippen LogP contribution in [0.2, 0.25) is 0 Å². The van der Waals surface area contributed by atoms with E-state index in [1.807, 2.05) is 20.8 Å². The molecular formula is C17H22N2O2. The Balaban J connectivity index is 1.61. The van der Waals surface area contributed by atoms with Crippen LogP contribution in [0.15, 0.2) is 12.1 Å². The van der Waals surface area contributed by atoms with E-state index < -0.39 is 0 Å². The van der Waals surface area contributed by atoms with Crippen LogP contribution in [-0.2, 0) is 9.59 Å². The van der Waals surface area contributed by atoms with E-state index in [9.17, 15) is 9.59 Å². The highest BCUT2D eigenvalue weighted by molar-refractivity contribution is 6.00. The van der Waals surface area contributed by atoms with Gasteiger partial charge in [-0.1, -0.05) is 17.7 Å². The number of carbonyl (C=O) groups excluding carboxylic acids is 2. The number of hydrogen-bond donors (Lipinski definition) is 2. The molecule has 0 aromatic heterocycles. The number of amides is 2. The van der Waals surface area contributed by atoms with Gasteiger partial charge in [-0.15, -0.1) is 0 Å². The summed E-state index contributed by atoms with van der Waals surface area (Å²) in [6.45, 7) is 6.05. The van der Waals surface area contributed by atoms with Crippen LogP contribution in [0.3, 0.4) is 0 Å². The van der Waals surface area contributed by atoms with Gasteiger partial charge >= 0.3 is 0 Å². The minimum absolute atomic E-state index is 0.0269. The van der Waals surface area contributed by atoms with Crippen molar-refractivity contribution in [2.24, 2.45) is 11.8 Å². The lowest BCUT2D eigenvalue weighted by Crippen LogP contribution is -2.29. The van der Waals surface area contributed by atoms with Crippen molar-refractivity contribution in [2.75, 3.05) is 5.32 Å². The fraction of sp³-hybridized carbons (Fsp3) is 0.529. The van der Waals surface area contributed by atoms with Crippen LogP contribution in [0, 0.1) is 32.6 Å². The first kappa shape index (κ1) is 14.1. The molecule has 0 saturated heterocycles. The van der Waals surface area contributed by atoms with Gasteiger partial charge in [0.05, 0.1) is 11.8 Å². The predicted octanol–water partition coefficient (Wildman–Crippen LogP) is 2.47. The summed E-state index contributed by atoms with van der Waals surface area (Å²) in [6.07, 6.45) is 2.84. The van der Waals surface area contributed by atoms with Crippen molar-refractivity contribution in [1.82, 2.24) is 5.32 Å². The maximum atomic E-state index is 12.3. The highest BCUT2D eigenvalue weighted by Crippen LogP contribution is 2.40. The van der Waals surface area contributed by atoms with Crippen LogP contribution < -0.4 is 10.6 Å². The molecule has 2 aliphatic carbocycles. The highest BCUT2D eigenvalue weighted by Gasteiger charge is 2.49. The number of anilines is 1. The fourth-order valence-electron chi connectivity index (χ4n) is 2.90. The largest absolute Gasteiger partial charge is 0.353 e. The van der Waals surface area contributed by atoms with Crippen molar-refractivity contribution >= 4 is 17.5 Å². The summed E-state index contributed by atoms with van der Waals surface area (Å²) < 4.78 is 0. The number of aryl methyl sites for hydroxylation is 3. The van der Waals surface area contributed by atoms with E-state index in [-0.39, 0.29) is 23.7 Å². The van der Waals surface area contributed by atoms with E-state index in [2.05, 4.69) is 22.8 Å². The summed E-state index contributed by atoms with van der Waals surface area (Å²) in [7, 11) is 0. The molecule has 4 heteroatoms. The van der Waals surface area contributed by atoms with E-state index in [1.54, 1.807) is 0 Å². The Morgan fingerprint density at radius 2 is 1.57 bits per heavy atom. The molecule has 0 bridgehead atoms. The van der Waals surface area contributed by atoms with E-state index in [4.69, 9.17) is 0 Å². The van der Waals surface area contributed by atoms with Gasteiger partial charge in [0.2, 0.25) is 11.8 Å². The molecule has 0 aliphatic heterocycles. The summed E-state index contributed by atoms with van der Waals surface area (Å²) in [5.41, 5.74) is 4.22. The van der Waals surface area contributed by atoms with Gasteiger partial charge in [-0.3, -0.25) is 9.59 Å². The van der Waals surface area contributed by atoms with Crippen LogP contribution in [-0.4, -0.2) is 17.9 Å². The molecule has 2 N–H and O–H groups in total. The Kier molecular flexibility index (Phi) is 3.47. The molecule has 1 aromatic rings. The second-order valence-electron chi connectivity index (χ2n) is 6.49. The van der Waals surface area contributed by atoms with Gasteiger partial charge in [0.25, 0.3) is 0 Å². The molecule has 2 fully saturated rings. The minimum atomic E-state index is -0.163. The lowest BCUT2D eigenvalue weighted by Gasteiger charge is -2.12. The van der Waals surface area contributed by atoms with Gasteiger partial charge in [-0.2, -0.15) is 0 Å². The van der Waals surface area contributed by atoms with Crippen molar-refractivity contribution in [2.45, 2.75) is 46.1 Å². The molecule has 112 valence electrons. The Hall–Kier alpha value is -1.84. The van der Waals surface area contributed by atoms with Crippen molar-refractivity contribution < 1.29 is 9.59 Å². The first-order valence-corrected chi connectivity index (χ1v) is 7.65. The third-order valence-electron chi connectivity index (χ3n) is 4.31. The Bertz CT molecular complexity index is 582. The summed E-state index contributed by atoms with van der Waals surface area (Å²) in [4.78, 5) is 24.2. The molecule has 2 saturated carbocycles. The van der Waals surface area contributed by atoms with Crippen molar-refractivity contribution in [3.05, 3.63) is 28.8 Å². The molecule has 4 nitrogen and oxygen atoms in total. The Morgan fingerprint density at radius 3 is 2.14 bits per heavy atom. The smallest absolute Gasteiger partial charge is 0.228 e. The minimum Gasteiger partial charge on any atom is -0.353 e. The molecule has 2 unspecified atom stereocenters. The Labute approximate surface area is 125 Å². The van der Waals surface area contributed by atoms with Crippen LogP contribution in [0.5, 0.6) is 0 Å². The van der Waals surface area contributed by atoms with Crippen molar-refractivity contribution in [1.29, 1.82) is 0 Å². The van der Waals surface area contributed by atoms with E-state index in [0.717, 1.165) is 29.7 Å². The third kappa shape index (κ3) is 3.09. The van der Waals surface area contributed by atoms with Gasteiger partial charge in [-0.25, -0.2) is 0 Å². The lowest BCUT2D eigenvalue weighted by atomic mass is 10.0. The van der Waals surface area contributed by atoms with E-state index >= 15 is 0 Å². The number of benzene rings is 1. The molecule has 1 aromatic carbocycles. The molecule has 0 radical (unpaired) electrons. The summed E-state index contributed by atoms with van der Waals surface area (Å²) in [5, 5.41) is 5.98. The number of carbonyl (C=O) groups is 2. The number of nitrogens with one attached hydrogen (secondary N) is 2. The molecule has 0 heterocycles. The van der Waals surface area contributed by atoms with Gasteiger partial charge in [-0.05, 0) is 51.2 Å². The molecule has 2 atom stereocenters. The quantitative estimate of drug-likeness (QED) is 0.893. The molecule has 0 spiro atoms. The first-order chi connectivity index (χ1) is 9.95. The SMILES string of the molecule is Cc1cc(C)c(NC(=O)C2CC2C(=O)NC2CC2)c(C)c1. The zero-order chi connectivity index (χ0) is 15.1. The van der Waals surface area contributed by atoms with E-state index in [1.165, 1.54) is 5.56 Å². The normalized spacial score (nSPS) is 23.6. The lowest BCUT2D eigenvalue weighted by molar-refractivity contribution is -0.125. The zero-order valence-corrected chi connectivity index (χ0v) is 12.8. The average Bonchev–Trinajstić information content (AvgIpc) is 3.25. The highest BCUT2D eigenvalue weighted by atomic mass is 16.2. The number of hydrogen-bond acceptors (Lipinski definition) is 2. The fourth-order valence-corrected chi connectivity index (χ4v) is 2.90. The average molecular weight is 286 g/mol. The maximum Gasteiger partial charge on any atom is 0.228 e. The Morgan fingerprint density at radius 1 is 1.00 bits per heavy atom. The van der Waals surface area contributed by atoms with Crippen molar-refractivity contribution in [3.8, 4) is 0 Å². The first-order valence-electron chi connectivity index (χ1n) is 7.65. The van der Waals surface area contributed by atoms with Crippen LogP contribution in [0.1, 0.15) is 36.0 Å². The van der Waals surface area contributed by atoms with Gasteiger partial charge in [0, 0.05) is 11.7 Å². The van der Waals surface area contributed by atoms with Crippen LogP contribution in [0.4, 0.5) is 5.69 Å². The predicted molar refractivity (Wildman–Crippen MR) is 82.0 cm³/mol. The van der Waals surface area contributed by atoms with Gasteiger partial charge < -0.3 is 10.6 Å². The van der Waals surface area contributed by atoms with Crippen LogP contribution >= 0.6 is 0 Å². The molecule has 2 amide bonds.